The Morgan fingerprint density at radius 2 is 1.61 bits per heavy atom. The van der Waals surface area contributed by atoms with Gasteiger partial charge in [-0.2, -0.15) is 0 Å². The molecule has 1 aliphatic heterocycles. The Balaban J connectivity index is 1.74. The summed E-state index contributed by atoms with van der Waals surface area (Å²) in [6.45, 7) is 8.23. The van der Waals surface area contributed by atoms with Gasteiger partial charge in [0.15, 0.2) is 0 Å². The van der Waals surface area contributed by atoms with Gasteiger partial charge in [0.1, 0.15) is 5.69 Å². The van der Waals surface area contributed by atoms with Crippen molar-refractivity contribution >= 4 is 28.2 Å². The topological polar surface area (TPSA) is 45.2 Å². The number of rotatable bonds is 3. The summed E-state index contributed by atoms with van der Waals surface area (Å²) in [5, 5.41) is 4.16. The summed E-state index contributed by atoms with van der Waals surface area (Å²) >= 11 is 0. The fourth-order valence-electron chi connectivity index (χ4n) is 4.08. The quantitative estimate of drug-likeness (QED) is 0.668. The summed E-state index contributed by atoms with van der Waals surface area (Å²) in [7, 11) is 0. The van der Waals surface area contributed by atoms with Gasteiger partial charge in [-0.15, -0.1) is 0 Å². The predicted molar refractivity (Wildman–Crippen MR) is 116 cm³/mol. The molecule has 2 heterocycles. The number of fused-ring (bicyclic) bond motifs is 1. The molecule has 3 aromatic rings. The molecule has 1 N–H and O–H groups in total. The molecule has 0 atom stereocenters. The zero-order valence-electron chi connectivity index (χ0n) is 16.9. The van der Waals surface area contributed by atoms with Gasteiger partial charge in [-0.3, -0.25) is 4.79 Å². The normalized spacial score (nSPS) is 14.3. The third kappa shape index (κ3) is 3.86. The van der Waals surface area contributed by atoms with E-state index in [4.69, 9.17) is 0 Å². The highest BCUT2D eigenvalue weighted by atomic mass is 16.1. The SMILES string of the molecule is Cc1cc(C)cc(NC(=O)c2cc(N3CCCCC3)c3cc(C)ccc3n2)c1. The summed E-state index contributed by atoms with van der Waals surface area (Å²) in [5.41, 5.74) is 6.75. The highest BCUT2D eigenvalue weighted by Gasteiger charge is 2.18. The van der Waals surface area contributed by atoms with E-state index < -0.39 is 0 Å². The lowest BCUT2D eigenvalue weighted by atomic mass is 10.1. The van der Waals surface area contributed by atoms with Crippen LogP contribution in [0.15, 0.2) is 42.5 Å². The summed E-state index contributed by atoms with van der Waals surface area (Å²) in [5.74, 6) is -0.161. The van der Waals surface area contributed by atoms with Crippen LogP contribution in [0.25, 0.3) is 10.9 Å². The number of hydrogen-bond donors (Lipinski definition) is 1. The first-order chi connectivity index (χ1) is 13.5. The Morgan fingerprint density at radius 1 is 0.893 bits per heavy atom. The van der Waals surface area contributed by atoms with Crippen molar-refractivity contribution < 1.29 is 4.79 Å². The molecule has 0 spiro atoms. The smallest absolute Gasteiger partial charge is 0.274 e. The minimum atomic E-state index is -0.161. The van der Waals surface area contributed by atoms with Crippen LogP contribution in [-0.2, 0) is 0 Å². The number of piperidine rings is 1. The van der Waals surface area contributed by atoms with E-state index in [2.05, 4.69) is 40.3 Å². The first-order valence-electron chi connectivity index (χ1n) is 10.1. The van der Waals surface area contributed by atoms with Crippen LogP contribution in [-0.4, -0.2) is 24.0 Å². The molecule has 4 rings (SSSR count). The maximum atomic E-state index is 13.0. The number of benzene rings is 2. The van der Waals surface area contributed by atoms with Crippen LogP contribution in [0.3, 0.4) is 0 Å². The van der Waals surface area contributed by atoms with E-state index in [0.29, 0.717) is 5.69 Å². The van der Waals surface area contributed by atoms with Gasteiger partial charge in [0, 0.05) is 29.9 Å². The molecule has 144 valence electrons. The van der Waals surface area contributed by atoms with Crippen LogP contribution in [0, 0.1) is 20.8 Å². The maximum Gasteiger partial charge on any atom is 0.274 e. The second-order valence-electron chi connectivity index (χ2n) is 7.93. The van der Waals surface area contributed by atoms with Crippen molar-refractivity contribution in [2.45, 2.75) is 40.0 Å². The molecule has 1 amide bonds. The zero-order chi connectivity index (χ0) is 19.7. The highest BCUT2D eigenvalue weighted by Crippen LogP contribution is 2.30. The van der Waals surface area contributed by atoms with Gasteiger partial charge in [-0.05, 0) is 81.5 Å². The second-order valence-corrected chi connectivity index (χ2v) is 7.93. The summed E-state index contributed by atoms with van der Waals surface area (Å²) in [4.78, 5) is 20.1. The summed E-state index contributed by atoms with van der Waals surface area (Å²) < 4.78 is 0. The molecular formula is C24H27N3O. The van der Waals surface area contributed by atoms with Gasteiger partial charge in [-0.25, -0.2) is 4.98 Å². The molecule has 0 unspecified atom stereocenters. The molecule has 0 radical (unpaired) electrons. The lowest BCUT2D eigenvalue weighted by Gasteiger charge is -2.30. The second kappa shape index (κ2) is 7.63. The number of amides is 1. The van der Waals surface area contributed by atoms with Gasteiger partial charge in [0.2, 0.25) is 0 Å². The van der Waals surface area contributed by atoms with Gasteiger partial charge in [0.25, 0.3) is 5.91 Å². The lowest BCUT2D eigenvalue weighted by molar-refractivity contribution is 0.102. The number of anilines is 2. The Hall–Kier alpha value is -2.88. The third-order valence-corrected chi connectivity index (χ3v) is 5.35. The largest absolute Gasteiger partial charge is 0.371 e. The van der Waals surface area contributed by atoms with Crippen LogP contribution < -0.4 is 10.2 Å². The van der Waals surface area contributed by atoms with Crippen LogP contribution in [0.1, 0.15) is 46.4 Å². The molecule has 0 bridgehead atoms. The van der Waals surface area contributed by atoms with Crippen molar-refractivity contribution in [1.29, 1.82) is 0 Å². The Kier molecular flexibility index (Phi) is 5.03. The monoisotopic (exact) mass is 373 g/mol. The van der Waals surface area contributed by atoms with Crippen LogP contribution in [0.4, 0.5) is 11.4 Å². The van der Waals surface area contributed by atoms with Crippen molar-refractivity contribution in [3.8, 4) is 0 Å². The highest BCUT2D eigenvalue weighted by molar-refractivity contribution is 6.06. The number of pyridine rings is 1. The number of nitrogens with one attached hydrogen (secondary N) is 1. The molecule has 0 aliphatic carbocycles. The van der Waals surface area contributed by atoms with Crippen molar-refractivity contribution in [2.75, 3.05) is 23.3 Å². The van der Waals surface area contributed by atoms with Gasteiger partial charge in [-0.1, -0.05) is 17.7 Å². The molecule has 0 saturated carbocycles. The average molecular weight is 374 g/mol. The van der Waals surface area contributed by atoms with Crippen molar-refractivity contribution in [3.05, 3.63) is 64.8 Å². The first-order valence-corrected chi connectivity index (χ1v) is 10.1. The average Bonchev–Trinajstić information content (AvgIpc) is 2.67. The van der Waals surface area contributed by atoms with Crippen LogP contribution in [0.5, 0.6) is 0 Å². The van der Waals surface area contributed by atoms with E-state index in [9.17, 15) is 4.79 Å². The molecule has 2 aromatic carbocycles. The molecule has 1 fully saturated rings. The number of carbonyl (C=O) groups is 1. The molecule has 1 aromatic heterocycles. The van der Waals surface area contributed by atoms with Crippen molar-refractivity contribution in [3.63, 3.8) is 0 Å². The number of hydrogen-bond acceptors (Lipinski definition) is 3. The standard InChI is InChI=1S/C24H27N3O/c1-16-7-8-21-20(14-16)23(27-9-5-4-6-10-27)15-22(26-21)24(28)25-19-12-17(2)11-18(3)13-19/h7-8,11-15H,4-6,9-10H2,1-3H3,(H,25,28). The zero-order valence-corrected chi connectivity index (χ0v) is 16.9. The third-order valence-electron chi connectivity index (χ3n) is 5.35. The number of nitrogens with zero attached hydrogens (tertiary/aromatic N) is 2. The van der Waals surface area contributed by atoms with E-state index in [-0.39, 0.29) is 5.91 Å². The van der Waals surface area contributed by atoms with Crippen molar-refractivity contribution in [2.24, 2.45) is 0 Å². The minimum absolute atomic E-state index is 0.161. The van der Waals surface area contributed by atoms with E-state index in [1.165, 1.54) is 24.8 Å². The summed E-state index contributed by atoms with van der Waals surface area (Å²) in [6.07, 6.45) is 3.66. The Morgan fingerprint density at radius 3 is 2.32 bits per heavy atom. The minimum Gasteiger partial charge on any atom is -0.371 e. The fourth-order valence-corrected chi connectivity index (χ4v) is 4.08. The molecule has 1 aliphatic rings. The fraction of sp³-hybridized carbons (Fsp3) is 0.333. The van der Waals surface area contributed by atoms with E-state index in [1.807, 2.05) is 38.1 Å². The van der Waals surface area contributed by atoms with E-state index >= 15 is 0 Å². The lowest BCUT2D eigenvalue weighted by Crippen LogP contribution is -2.30. The Bertz CT molecular complexity index is 1020. The number of carbonyl (C=O) groups excluding carboxylic acids is 1. The van der Waals surface area contributed by atoms with Crippen molar-refractivity contribution in [1.82, 2.24) is 4.98 Å². The number of aromatic nitrogens is 1. The van der Waals surface area contributed by atoms with E-state index in [1.54, 1.807) is 0 Å². The molecule has 28 heavy (non-hydrogen) atoms. The predicted octanol–water partition coefficient (Wildman–Crippen LogP) is 5.40. The van der Waals surface area contributed by atoms with Gasteiger partial charge >= 0.3 is 0 Å². The molecule has 4 heteroatoms. The van der Waals surface area contributed by atoms with Gasteiger partial charge in [0.05, 0.1) is 5.52 Å². The molecule has 1 saturated heterocycles. The van der Waals surface area contributed by atoms with Crippen LogP contribution >= 0.6 is 0 Å². The number of aryl methyl sites for hydroxylation is 3. The molecular weight excluding hydrogens is 346 g/mol. The maximum absolute atomic E-state index is 13.0. The van der Waals surface area contributed by atoms with E-state index in [0.717, 1.165) is 46.5 Å². The first kappa shape index (κ1) is 18.5. The van der Waals surface area contributed by atoms with Crippen LogP contribution in [0.2, 0.25) is 0 Å². The van der Waals surface area contributed by atoms with Gasteiger partial charge < -0.3 is 10.2 Å². The summed E-state index contributed by atoms with van der Waals surface area (Å²) in [6, 6.07) is 14.3. The molecule has 4 nitrogen and oxygen atoms in total. The Labute approximate surface area is 166 Å².